The Balaban J connectivity index is 1.50. The number of hydrogen-bond acceptors (Lipinski definition) is 4. The highest BCUT2D eigenvalue weighted by Gasteiger charge is 2.23. The van der Waals surface area contributed by atoms with Crippen molar-refractivity contribution in [2.24, 2.45) is 0 Å². The fourth-order valence-electron chi connectivity index (χ4n) is 3.51. The molecule has 0 unspecified atom stereocenters. The molecule has 1 fully saturated rings. The van der Waals surface area contributed by atoms with Crippen LogP contribution in [0.5, 0.6) is 0 Å². The molecule has 0 saturated heterocycles. The zero-order valence-corrected chi connectivity index (χ0v) is 14.5. The predicted molar refractivity (Wildman–Crippen MR) is 99.0 cm³/mol. The van der Waals surface area contributed by atoms with E-state index in [4.69, 9.17) is 0 Å². The van der Waals surface area contributed by atoms with Crippen molar-refractivity contribution in [3.05, 3.63) is 71.5 Å². The highest BCUT2D eigenvalue weighted by atomic mass is 16.1. The summed E-state index contributed by atoms with van der Waals surface area (Å²) in [6, 6.07) is 17.1. The molecule has 6 nitrogen and oxygen atoms in total. The molecule has 0 spiro atoms. The van der Waals surface area contributed by atoms with Crippen molar-refractivity contribution in [3.63, 3.8) is 0 Å². The van der Waals surface area contributed by atoms with Gasteiger partial charge in [0.25, 0.3) is 5.91 Å². The Morgan fingerprint density at radius 3 is 2.69 bits per heavy atom. The number of tetrazole rings is 1. The average Bonchev–Trinajstić information content (AvgIpc) is 3.34. The van der Waals surface area contributed by atoms with Crippen LogP contribution in [0.25, 0.3) is 0 Å². The number of para-hydroxylation sites is 1. The lowest BCUT2D eigenvalue weighted by Gasteiger charge is -2.10. The van der Waals surface area contributed by atoms with E-state index in [1.54, 1.807) is 0 Å². The zero-order chi connectivity index (χ0) is 17.8. The first-order chi connectivity index (χ1) is 12.8. The Kier molecular flexibility index (Phi) is 4.73. The van der Waals surface area contributed by atoms with Crippen LogP contribution < -0.4 is 5.32 Å². The second-order valence-corrected chi connectivity index (χ2v) is 6.70. The molecule has 1 aliphatic carbocycles. The fraction of sp³-hybridized carbons (Fsp3) is 0.300. The summed E-state index contributed by atoms with van der Waals surface area (Å²) in [4.78, 5) is 12.5. The van der Waals surface area contributed by atoms with Crippen LogP contribution in [0.1, 0.15) is 53.3 Å². The van der Waals surface area contributed by atoms with Gasteiger partial charge in [0, 0.05) is 17.2 Å². The largest absolute Gasteiger partial charge is 0.322 e. The van der Waals surface area contributed by atoms with E-state index in [0.717, 1.165) is 29.9 Å². The van der Waals surface area contributed by atoms with Crippen LogP contribution in [-0.2, 0) is 6.54 Å². The number of anilines is 1. The fourth-order valence-corrected chi connectivity index (χ4v) is 3.51. The van der Waals surface area contributed by atoms with Gasteiger partial charge in [0.2, 0.25) is 0 Å². The lowest BCUT2D eigenvalue weighted by molar-refractivity contribution is 0.102. The summed E-state index contributed by atoms with van der Waals surface area (Å²) in [5.74, 6) is 1.29. The van der Waals surface area contributed by atoms with Gasteiger partial charge < -0.3 is 5.32 Å². The minimum absolute atomic E-state index is 0.120. The Morgan fingerprint density at radius 2 is 1.88 bits per heavy atom. The minimum Gasteiger partial charge on any atom is -0.322 e. The molecule has 0 aliphatic heterocycles. The van der Waals surface area contributed by atoms with Gasteiger partial charge in [-0.1, -0.05) is 43.2 Å². The van der Waals surface area contributed by atoms with E-state index in [1.165, 1.54) is 12.8 Å². The van der Waals surface area contributed by atoms with E-state index in [-0.39, 0.29) is 5.91 Å². The highest BCUT2D eigenvalue weighted by Crippen LogP contribution is 2.32. The third-order valence-corrected chi connectivity index (χ3v) is 4.83. The molecule has 1 aliphatic rings. The quantitative estimate of drug-likeness (QED) is 0.765. The molecule has 4 rings (SSSR count). The van der Waals surface area contributed by atoms with E-state index in [2.05, 4.69) is 20.8 Å². The van der Waals surface area contributed by atoms with Crippen molar-refractivity contribution in [1.82, 2.24) is 20.2 Å². The van der Waals surface area contributed by atoms with Crippen LogP contribution in [0.2, 0.25) is 0 Å². The number of amides is 1. The number of nitrogens with one attached hydrogen (secondary N) is 1. The molecule has 1 N–H and O–H groups in total. The summed E-state index contributed by atoms with van der Waals surface area (Å²) in [5.41, 5.74) is 2.42. The van der Waals surface area contributed by atoms with Crippen molar-refractivity contribution < 1.29 is 4.79 Å². The van der Waals surface area contributed by atoms with Crippen LogP contribution in [0, 0.1) is 0 Å². The number of aromatic nitrogens is 4. The Hall–Kier alpha value is -3.02. The Morgan fingerprint density at radius 1 is 1.08 bits per heavy atom. The monoisotopic (exact) mass is 347 g/mol. The maximum absolute atomic E-state index is 12.5. The lowest BCUT2D eigenvalue weighted by atomic mass is 10.1. The summed E-state index contributed by atoms with van der Waals surface area (Å²) < 4.78 is 1.87. The normalized spacial score (nSPS) is 14.5. The first kappa shape index (κ1) is 16.4. The molecule has 132 valence electrons. The first-order valence-electron chi connectivity index (χ1n) is 9.01. The standard InChI is InChI=1S/C20H21N5O/c26-20(21-18-11-2-1-3-12-18)17-10-6-7-15(13-17)14-25-19(22-23-24-25)16-8-4-5-9-16/h1-3,6-7,10-13,16H,4-5,8-9,14H2,(H,21,26). The molecule has 1 saturated carbocycles. The molecule has 1 heterocycles. The number of benzene rings is 2. The van der Waals surface area contributed by atoms with E-state index in [1.807, 2.05) is 59.3 Å². The number of rotatable bonds is 5. The average molecular weight is 347 g/mol. The van der Waals surface area contributed by atoms with Gasteiger partial charge in [-0.25, -0.2) is 4.68 Å². The number of carbonyl (C=O) groups is 1. The third-order valence-electron chi connectivity index (χ3n) is 4.83. The smallest absolute Gasteiger partial charge is 0.255 e. The Bertz CT molecular complexity index is 884. The van der Waals surface area contributed by atoms with Gasteiger partial charge in [-0.3, -0.25) is 4.79 Å². The minimum atomic E-state index is -0.120. The maximum atomic E-state index is 12.5. The second kappa shape index (κ2) is 7.47. The topological polar surface area (TPSA) is 72.7 Å². The zero-order valence-electron chi connectivity index (χ0n) is 14.5. The van der Waals surface area contributed by atoms with Crippen LogP contribution in [0.3, 0.4) is 0 Å². The molecule has 0 radical (unpaired) electrons. The molecular weight excluding hydrogens is 326 g/mol. The highest BCUT2D eigenvalue weighted by molar-refractivity contribution is 6.04. The predicted octanol–water partition coefficient (Wildman–Crippen LogP) is 3.63. The molecule has 3 aromatic rings. The van der Waals surface area contributed by atoms with Crippen LogP contribution in [0.15, 0.2) is 54.6 Å². The van der Waals surface area contributed by atoms with E-state index in [0.29, 0.717) is 18.0 Å². The molecule has 0 bridgehead atoms. The van der Waals surface area contributed by atoms with Gasteiger partial charge >= 0.3 is 0 Å². The van der Waals surface area contributed by atoms with Gasteiger partial charge in [0.1, 0.15) is 0 Å². The third kappa shape index (κ3) is 3.64. The van der Waals surface area contributed by atoms with Gasteiger partial charge in [-0.05, 0) is 53.1 Å². The summed E-state index contributed by atoms with van der Waals surface area (Å²) in [5, 5.41) is 15.2. The molecule has 26 heavy (non-hydrogen) atoms. The Labute approximate surface area is 152 Å². The van der Waals surface area contributed by atoms with Crippen molar-refractivity contribution in [3.8, 4) is 0 Å². The summed E-state index contributed by atoms with van der Waals surface area (Å²) in [6.45, 7) is 0.575. The van der Waals surface area contributed by atoms with Crippen LogP contribution in [-0.4, -0.2) is 26.1 Å². The van der Waals surface area contributed by atoms with Crippen molar-refractivity contribution in [2.75, 3.05) is 5.32 Å². The molecule has 2 aromatic carbocycles. The molecule has 1 aromatic heterocycles. The molecule has 1 amide bonds. The SMILES string of the molecule is O=C(Nc1ccccc1)c1cccc(Cn2nnnc2C2CCCC2)c1. The number of hydrogen-bond donors (Lipinski definition) is 1. The lowest BCUT2D eigenvalue weighted by Crippen LogP contribution is -2.13. The first-order valence-corrected chi connectivity index (χ1v) is 9.01. The van der Waals surface area contributed by atoms with Crippen molar-refractivity contribution in [2.45, 2.75) is 38.1 Å². The van der Waals surface area contributed by atoms with Gasteiger partial charge in [0.05, 0.1) is 6.54 Å². The molecule has 6 heteroatoms. The van der Waals surface area contributed by atoms with Gasteiger partial charge in [0.15, 0.2) is 5.82 Å². The van der Waals surface area contributed by atoms with E-state index < -0.39 is 0 Å². The number of carbonyl (C=O) groups excluding carboxylic acids is 1. The van der Waals surface area contributed by atoms with Crippen LogP contribution in [0.4, 0.5) is 5.69 Å². The number of nitrogens with zero attached hydrogens (tertiary/aromatic N) is 4. The summed E-state index contributed by atoms with van der Waals surface area (Å²) in [6.07, 6.45) is 4.79. The maximum Gasteiger partial charge on any atom is 0.255 e. The molecular formula is C20H21N5O. The van der Waals surface area contributed by atoms with Crippen LogP contribution >= 0.6 is 0 Å². The summed E-state index contributed by atoms with van der Waals surface area (Å²) >= 11 is 0. The van der Waals surface area contributed by atoms with Gasteiger partial charge in [-0.15, -0.1) is 5.10 Å². The van der Waals surface area contributed by atoms with Gasteiger partial charge in [-0.2, -0.15) is 0 Å². The van der Waals surface area contributed by atoms with E-state index in [9.17, 15) is 4.79 Å². The summed E-state index contributed by atoms with van der Waals surface area (Å²) in [7, 11) is 0. The second-order valence-electron chi connectivity index (χ2n) is 6.70. The van der Waals surface area contributed by atoms with E-state index >= 15 is 0 Å². The van der Waals surface area contributed by atoms with Crippen molar-refractivity contribution >= 4 is 11.6 Å². The van der Waals surface area contributed by atoms with Crippen molar-refractivity contribution in [1.29, 1.82) is 0 Å². The molecule has 0 atom stereocenters.